The van der Waals surface area contributed by atoms with E-state index in [4.69, 9.17) is 0 Å². The molecule has 0 aliphatic carbocycles. The lowest BCUT2D eigenvalue weighted by Crippen LogP contribution is -2.50. The molecule has 0 radical (unpaired) electrons. The predicted molar refractivity (Wildman–Crippen MR) is 119 cm³/mol. The fraction of sp³-hybridized carbons (Fsp3) is 0.409. The van der Waals surface area contributed by atoms with Gasteiger partial charge in [-0.3, -0.25) is 9.00 Å². The SMILES string of the molecule is CC(C)c1ccc(S(=O)(=O)N2CCN(C(=O)c3cccc(CS(C)=O)c3)CC2)cc1. The first kappa shape index (κ1) is 22.7. The zero-order chi connectivity index (χ0) is 21.9. The maximum atomic E-state index is 13.0. The zero-order valence-corrected chi connectivity index (χ0v) is 19.2. The van der Waals surface area contributed by atoms with Crippen molar-refractivity contribution in [2.24, 2.45) is 0 Å². The number of nitrogens with zero attached hydrogens (tertiary/aromatic N) is 2. The second kappa shape index (κ2) is 9.41. The van der Waals surface area contributed by atoms with Crippen LogP contribution in [0.2, 0.25) is 0 Å². The predicted octanol–water partition coefficient (Wildman–Crippen LogP) is 2.84. The van der Waals surface area contributed by atoms with E-state index in [9.17, 15) is 17.4 Å². The molecule has 2 aromatic rings. The van der Waals surface area contributed by atoms with Crippen molar-refractivity contribution in [2.75, 3.05) is 32.4 Å². The van der Waals surface area contributed by atoms with Crippen LogP contribution in [-0.4, -0.2) is 60.2 Å². The molecule has 1 amide bonds. The van der Waals surface area contributed by atoms with Crippen LogP contribution in [0.25, 0.3) is 0 Å². The Hall–Kier alpha value is -2.03. The Balaban J connectivity index is 1.66. The van der Waals surface area contributed by atoms with Crippen molar-refractivity contribution >= 4 is 26.7 Å². The molecule has 6 nitrogen and oxygen atoms in total. The van der Waals surface area contributed by atoms with Crippen molar-refractivity contribution < 1.29 is 17.4 Å². The minimum Gasteiger partial charge on any atom is -0.336 e. The van der Waals surface area contributed by atoms with Gasteiger partial charge in [-0.25, -0.2) is 8.42 Å². The summed E-state index contributed by atoms with van der Waals surface area (Å²) in [5, 5.41) is 0. The third-order valence-corrected chi connectivity index (χ3v) is 7.91. The van der Waals surface area contributed by atoms with Crippen LogP contribution in [-0.2, 0) is 26.6 Å². The Labute approximate surface area is 181 Å². The summed E-state index contributed by atoms with van der Waals surface area (Å²) >= 11 is 0. The minimum absolute atomic E-state index is 0.128. The topological polar surface area (TPSA) is 74.8 Å². The summed E-state index contributed by atoms with van der Waals surface area (Å²) in [4.78, 5) is 14.8. The van der Waals surface area contributed by atoms with Crippen LogP contribution in [0, 0.1) is 0 Å². The molecule has 1 heterocycles. The molecule has 0 N–H and O–H groups in total. The maximum absolute atomic E-state index is 13.0. The molecule has 1 saturated heterocycles. The number of hydrogen-bond donors (Lipinski definition) is 0. The van der Waals surface area contributed by atoms with Crippen LogP contribution in [0.4, 0.5) is 0 Å². The molecule has 162 valence electrons. The molecule has 0 saturated carbocycles. The lowest BCUT2D eigenvalue weighted by Gasteiger charge is -2.34. The van der Waals surface area contributed by atoms with Gasteiger partial charge in [-0.15, -0.1) is 0 Å². The number of amides is 1. The number of sulfonamides is 1. The van der Waals surface area contributed by atoms with Gasteiger partial charge in [-0.05, 0) is 41.3 Å². The van der Waals surface area contributed by atoms with Crippen LogP contribution in [0.5, 0.6) is 0 Å². The molecular formula is C22H28N2O4S2. The number of carbonyl (C=O) groups excluding carboxylic acids is 1. The first-order chi connectivity index (χ1) is 14.2. The van der Waals surface area contributed by atoms with Crippen molar-refractivity contribution in [3.63, 3.8) is 0 Å². The minimum atomic E-state index is -3.58. The van der Waals surface area contributed by atoms with Crippen molar-refractivity contribution in [1.82, 2.24) is 9.21 Å². The second-order valence-corrected chi connectivity index (χ2v) is 11.2. The van der Waals surface area contributed by atoms with E-state index in [-0.39, 0.29) is 23.9 Å². The van der Waals surface area contributed by atoms with Crippen LogP contribution < -0.4 is 0 Å². The first-order valence-corrected chi connectivity index (χ1v) is 13.1. The summed E-state index contributed by atoms with van der Waals surface area (Å²) in [6, 6.07) is 14.2. The van der Waals surface area contributed by atoms with E-state index in [2.05, 4.69) is 13.8 Å². The molecule has 8 heteroatoms. The first-order valence-electron chi connectivity index (χ1n) is 9.97. The number of rotatable bonds is 6. The smallest absolute Gasteiger partial charge is 0.253 e. The fourth-order valence-corrected chi connectivity index (χ4v) is 5.59. The Bertz CT molecular complexity index is 1030. The van der Waals surface area contributed by atoms with E-state index in [1.54, 1.807) is 41.5 Å². The monoisotopic (exact) mass is 448 g/mol. The highest BCUT2D eigenvalue weighted by atomic mass is 32.2. The maximum Gasteiger partial charge on any atom is 0.253 e. The van der Waals surface area contributed by atoms with Gasteiger partial charge in [0.1, 0.15) is 0 Å². The molecule has 30 heavy (non-hydrogen) atoms. The molecule has 0 bridgehead atoms. The summed E-state index contributed by atoms with van der Waals surface area (Å²) < 4.78 is 38.8. The lowest BCUT2D eigenvalue weighted by molar-refractivity contribution is 0.0698. The van der Waals surface area contributed by atoms with Gasteiger partial charge in [0.05, 0.1) is 4.90 Å². The van der Waals surface area contributed by atoms with Crippen molar-refractivity contribution in [3.05, 3.63) is 65.2 Å². The summed E-state index contributed by atoms with van der Waals surface area (Å²) in [7, 11) is -4.56. The third kappa shape index (κ3) is 5.17. The van der Waals surface area contributed by atoms with Crippen LogP contribution >= 0.6 is 0 Å². The van der Waals surface area contributed by atoms with Crippen molar-refractivity contribution in [2.45, 2.75) is 30.4 Å². The average molecular weight is 449 g/mol. The van der Waals surface area contributed by atoms with Gasteiger partial charge in [-0.2, -0.15) is 4.31 Å². The molecule has 3 rings (SSSR count). The number of piperazine rings is 1. The van der Waals surface area contributed by atoms with Crippen molar-refractivity contribution in [1.29, 1.82) is 0 Å². The standard InChI is InChI=1S/C22H28N2O4S2/c1-17(2)19-7-9-21(10-8-19)30(27,28)24-13-11-23(12-14-24)22(25)20-6-4-5-18(15-20)16-29(3)26/h4-10,15,17H,11-14,16H2,1-3H3. The highest BCUT2D eigenvalue weighted by Gasteiger charge is 2.30. The Morgan fingerprint density at radius 2 is 1.67 bits per heavy atom. The molecule has 1 atom stereocenters. The molecule has 1 aliphatic heterocycles. The normalized spacial score (nSPS) is 16.6. The van der Waals surface area contributed by atoms with E-state index in [1.165, 1.54) is 4.31 Å². The Kier molecular flexibility index (Phi) is 7.10. The van der Waals surface area contributed by atoms with Crippen LogP contribution in [0.15, 0.2) is 53.4 Å². The summed E-state index contributed by atoms with van der Waals surface area (Å²) in [6.45, 7) is 5.34. The third-order valence-electron chi connectivity index (χ3n) is 5.25. The van der Waals surface area contributed by atoms with Crippen LogP contribution in [0.3, 0.4) is 0 Å². The molecule has 1 aliphatic rings. The van der Waals surface area contributed by atoms with E-state index in [0.29, 0.717) is 30.3 Å². The largest absolute Gasteiger partial charge is 0.336 e. The van der Waals surface area contributed by atoms with Gasteiger partial charge in [0.2, 0.25) is 10.0 Å². The van der Waals surface area contributed by atoms with Gasteiger partial charge in [0.15, 0.2) is 0 Å². The van der Waals surface area contributed by atoms with Gasteiger partial charge in [0.25, 0.3) is 5.91 Å². The molecular weight excluding hydrogens is 420 g/mol. The summed E-state index contributed by atoms with van der Waals surface area (Å²) in [6.07, 6.45) is 1.63. The van der Waals surface area contributed by atoms with Gasteiger partial charge in [0, 0.05) is 54.6 Å². The Morgan fingerprint density at radius 3 is 2.23 bits per heavy atom. The molecule has 2 aromatic carbocycles. The highest BCUT2D eigenvalue weighted by Crippen LogP contribution is 2.22. The quantitative estimate of drug-likeness (QED) is 0.681. The second-order valence-electron chi connectivity index (χ2n) is 7.84. The fourth-order valence-electron chi connectivity index (χ4n) is 3.52. The number of hydrogen-bond acceptors (Lipinski definition) is 4. The Morgan fingerprint density at radius 1 is 1.03 bits per heavy atom. The van der Waals surface area contributed by atoms with Gasteiger partial charge >= 0.3 is 0 Å². The van der Waals surface area contributed by atoms with E-state index < -0.39 is 20.8 Å². The van der Waals surface area contributed by atoms with Gasteiger partial charge < -0.3 is 4.90 Å². The molecule has 0 aromatic heterocycles. The van der Waals surface area contributed by atoms with E-state index in [1.807, 2.05) is 18.2 Å². The van der Waals surface area contributed by atoms with Crippen LogP contribution in [0.1, 0.15) is 41.3 Å². The number of carbonyl (C=O) groups is 1. The summed E-state index contributed by atoms with van der Waals surface area (Å²) in [5.74, 6) is 0.618. The highest BCUT2D eigenvalue weighted by molar-refractivity contribution is 7.89. The van der Waals surface area contributed by atoms with E-state index in [0.717, 1.165) is 11.1 Å². The molecule has 1 unspecified atom stereocenters. The van der Waals surface area contributed by atoms with E-state index >= 15 is 0 Å². The lowest BCUT2D eigenvalue weighted by atomic mass is 10.0. The average Bonchev–Trinajstić information content (AvgIpc) is 2.73. The molecule has 0 spiro atoms. The van der Waals surface area contributed by atoms with Gasteiger partial charge in [-0.1, -0.05) is 38.1 Å². The molecule has 1 fully saturated rings. The number of benzene rings is 2. The van der Waals surface area contributed by atoms with Crippen molar-refractivity contribution in [3.8, 4) is 0 Å². The summed E-state index contributed by atoms with van der Waals surface area (Å²) in [5.41, 5.74) is 2.49. The zero-order valence-electron chi connectivity index (χ0n) is 17.6.